The van der Waals surface area contributed by atoms with Crippen molar-refractivity contribution in [3.63, 3.8) is 0 Å². The predicted molar refractivity (Wildman–Crippen MR) is 148 cm³/mol. The summed E-state index contributed by atoms with van der Waals surface area (Å²) >= 11 is 0. The van der Waals surface area contributed by atoms with Gasteiger partial charge in [0.15, 0.2) is 0 Å². The van der Waals surface area contributed by atoms with Crippen molar-refractivity contribution < 1.29 is 23.9 Å². The molecule has 2 aromatic carbocycles. The molecule has 1 heterocycles. The van der Waals surface area contributed by atoms with Gasteiger partial charge in [0.25, 0.3) is 5.91 Å². The predicted octanol–water partition coefficient (Wildman–Crippen LogP) is 3.20. The Morgan fingerprint density at radius 2 is 1.69 bits per heavy atom. The maximum Gasteiger partial charge on any atom is 0.330 e. The molecular weight excluding hydrogens is 496 g/mol. The van der Waals surface area contributed by atoms with Crippen LogP contribution in [0.4, 0.5) is 0 Å². The largest absolute Gasteiger partial charge is 0.463 e. The molecule has 9 heteroatoms. The summed E-state index contributed by atoms with van der Waals surface area (Å²) in [6, 6.07) is 19.0. The van der Waals surface area contributed by atoms with E-state index in [1.807, 2.05) is 67.6 Å². The molecule has 0 fully saturated rings. The Morgan fingerprint density at radius 3 is 2.38 bits per heavy atom. The summed E-state index contributed by atoms with van der Waals surface area (Å²) in [6.45, 7) is 3.88. The molecule has 0 aliphatic rings. The molecule has 0 saturated heterocycles. The number of nitrogens with two attached hydrogens (primary N) is 1. The Labute approximate surface area is 227 Å². The molecule has 5 N–H and O–H groups in total. The molecule has 2 atom stereocenters. The molecule has 0 aliphatic heterocycles. The average molecular weight is 531 g/mol. The van der Waals surface area contributed by atoms with Crippen molar-refractivity contribution in [1.29, 1.82) is 0 Å². The second kappa shape index (κ2) is 14.3. The number of nitrogens with one attached hydrogen (secondary N) is 3. The van der Waals surface area contributed by atoms with Crippen molar-refractivity contribution in [1.82, 2.24) is 15.6 Å². The van der Waals surface area contributed by atoms with Gasteiger partial charge in [-0.1, -0.05) is 60.7 Å². The SMILES string of the molecule is CCOC(=O)/C=C/C(CCC(N)=O)NC(=O)C(Cc1ccccc1)NC(=O)c1ccc(-c2ccccc2C)[nH]1. The van der Waals surface area contributed by atoms with E-state index in [-0.39, 0.29) is 25.9 Å². The van der Waals surface area contributed by atoms with E-state index < -0.39 is 35.8 Å². The van der Waals surface area contributed by atoms with Crippen LogP contribution < -0.4 is 16.4 Å². The van der Waals surface area contributed by atoms with Crippen LogP contribution >= 0.6 is 0 Å². The summed E-state index contributed by atoms with van der Waals surface area (Å²) < 4.78 is 4.90. The quantitative estimate of drug-likeness (QED) is 0.198. The average Bonchev–Trinajstić information content (AvgIpc) is 3.41. The minimum Gasteiger partial charge on any atom is -0.463 e. The van der Waals surface area contributed by atoms with Crippen LogP contribution in [-0.4, -0.2) is 47.4 Å². The van der Waals surface area contributed by atoms with Crippen LogP contribution in [0.2, 0.25) is 0 Å². The Bertz CT molecular complexity index is 1320. The van der Waals surface area contributed by atoms with Gasteiger partial charge in [0.05, 0.1) is 6.61 Å². The Morgan fingerprint density at radius 1 is 0.974 bits per heavy atom. The lowest BCUT2D eigenvalue weighted by molar-refractivity contribution is -0.137. The van der Waals surface area contributed by atoms with Gasteiger partial charge < -0.3 is 26.1 Å². The lowest BCUT2D eigenvalue weighted by atomic mass is 10.0. The van der Waals surface area contributed by atoms with Crippen molar-refractivity contribution in [2.75, 3.05) is 6.61 Å². The molecule has 2 unspecified atom stereocenters. The van der Waals surface area contributed by atoms with Gasteiger partial charge in [-0.2, -0.15) is 0 Å². The van der Waals surface area contributed by atoms with E-state index in [0.717, 1.165) is 22.4 Å². The molecule has 0 bridgehead atoms. The van der Waals surface area contributed by atoms with E-state index in [2.05, 4.69) is 15.6 Å². The molecule has 3 aromatic rings. The number of hydrogen-bond donors (Lipinski definition) is 4. The van der Waals surface area contributed by atoms with Crippen LogP contribution in [0.25, 0.3) is 11.3 Å². The number of amides is 3. The van der Waals surface area contributed by atoms with Crippen LogP contribution in [0.1, 0.15) is 41.4 Å². The second-order valence-electron chi connectivity index (χ2n) is 9.05. The van der Waals surface area contributed by atoms with E-state index in [1.165, 1.54) is 12.2 Å². The fraction of sp³-hybridized carbons (Fsp3) is 0.267. The Balaban J connectivity index is 1.79. The maximum absolute atomic E-state index is 13.4. The summed E-state index contributed by atoms with van der Waals surface area (Å²) in [5.41, 5.74) is 9.28. The molecule has 1 aromatic heterocycles. The van der Waals surface area contributed by atoms with Crippen molar-refractivity contribution in [3.05, 3.63) is 95.7 Å². The third-order valence-electron chi connectivity index (χ3n) is 6.05. The first-order valence-electron chi connectivity index (χ1n) is 12.8. The lowest BCUT2D eigenvalue weighted by Gasteiger charge is -2.22. The van der Waals surface area contributed by atoms with Crippen molar-refractivity contribution >= 4 is 23.7 Å². The van der Waals surface area contributed by atoms with E-state index in [9.17, 15) is 19.2 Å². The highest BCUT2D eigenvalue weighted by atomic mass is 16.5. The number of hydrogen-bond acceptors (Lipinski definition) is 5. The number of carbonyl (C=O) groups excluding carboxylic acids is 4. The number of rotatable bonds is 13. The minimum absolute atomic E-state index is 0.00201. The Kier molecular flexibility index (Phi) is 10.6. The van der Waals surface area contributed by atoms with Crippen LogP contribution in [-0.2, 0) is 25.5 Å². The van der Waals surface area contributed by atoms with E-state index in [0.29, 0.717) is 5.69 Å². The molecular formula is C30H34N4O5. The third-order valence-corrected chi connectivity index (χ3v) is 6.05. The zero-order valence-corrected chi connectivity index (χ0v) is 22.1. The van der Waals surface area contributed by atoms with Crippen molar-refractivity contribution in [2.45, 2.75) is 45.2 Å². The molecule has 0 spiro atoms. The molecule has 9 nitrogen and oxygen atoms in total. The monoisotopic (exact) mass is 530 g/mol. The Hall–Kier alpha value is -4.66. The number of ether oxygens (including phenoxy) is 1. The van der Waals surface area contributed by atoms with E-state index >= 15 is 0 Å². The highest BCUT2D eigenvalue weighted by Crippen LogP contribution is 2.22. The molecule has 0 saturated carbocycles. The van der Waals surface area contributed by atoms with Gasteiger partial charge in [0.1, 0.15) is 11.7 Å². The zero-order valence-electron chi connectivity index (χ0n) is 22.1. The number of aryl methyl sites for hydroxylation is 1. The summed E-state index contributed by atoms with van der Waals surface area (Å²) in [5.74, 6) is -2.02. The van der Waals surface area contributed by atoms with E-state index in [1.54, 1.807) is 13.0 Å². The van der Waals surface area contributed by atoms with Gasteiger partial charge in [-0.3, -0.25) is 14.4 Å². The normalized spacial score (nSPS) is 12.5. The highest BCUT2D eigenvalue weighted by molar-refractivity contribution is 5.97. The maximum atomic E-state index is 13.4. The summed E-state index contributed by atoms with van der Waals surface area (Å²) in [6.07, 6.45) is 3.07. The van der Waals surface area contributed by atoms with Gasteiger partial charge in [0, 0.05) is 36.2 Å². The van der Waals surface area contributed by atoms with E-state index in [4.69, 9.17) is 10.5 Å². The standard InChI is InChI=1S/C30H34N4O5/c1-3-39-28(36)18-14-22(13-17-27(31)35)32-30(38)26(19-21-10-5-4-6-11-21)34-29(37)25-16-15-24(33-25)23-12-8-7-9-20(23)2/h4-12,14-16,18,22,26,33H,3,13,17,19H2,1-2H3,(H2,31,35)(H,32,38)(H,34,37)/b18-14+. The van der Waals surface area contributed by atoms with Crippen LogP contribution in [0.3, 0.4) is 0 Å². The molecule has 204 valence electrons. The van der Waals surface area contributed by atoms with Gasteiger partial charge in [-0.05, 0) is 43.5 Å². The summed E-state index contributed by atoms with van der Waals surface area (Å²) in [5, 5.41) is 5.65. The van der Waals surface area contributed by atoms with Crippen molar-refractivity contribution in [2.24, 2.45) is 5.73 Å². The smallest absolute Gasteiger partial charge is 0.330 e. The number of aromatic nitrogens is 1. The zero-order chi connectivity index (χ0) is 28.2. The fourth-order valence-corrected chi connectivity index (χ4v) is 4.04. The molecule has 0 radical (unpaired) electrons. The minimum atomic E-state index is -0.933. The fourth-order valence-electron chi connectivity index (χ4n) is 4.04. The number of esters is 1. The summed E-state index contributed by atoms with van der Waals surface area (Å²) in [7, 11) is 0. The third kappa shape index (κ3) is 8.99. The number of aromatic amines is 1. The van der Waals surface area contributed by atoms with Crippen LogP contribution in [0, 0.1) is 6.92 Å². The number of H-pyrrole nitrogens is 1. The second-order valence-corrected chi connectivity index (χ2v) is 9.05. The molecule has 0 aliphatic carbocycles. The van der Waals surface area contributed by atoms with Gasteiger partial charge in [0.2, 0.25) is 11.8 Å². The first kappa shape index (κ1) is 28.9. The number of carbonyl (C=O) groups is 4. The first-order valence-corrected chi connectivity index (χ1v) is 12.8. The topological polar surface area (TPSA) is 143 Å². The van der Waals surface area contributed by atoms with Gasteiger partial charge in [-0.25, -0.2) is 4.79 Å². The summed E-state index contributed by atoms with van der Waals surface area (Å²) in [4.78, 5) is 52.9. The van der Waals surface area contributed by atoms with Gasteiger partial charge in [-0.15, -0.1) is 0 Å². The van der Waals surface area contributed by atoms with Crippen LogP contribution in [0.5, 0.6) is 0 Å². The first-order chi connectivity index (χ1) is 18.8. The van der Waals surface area contributed by atoms with Crippen LogP contribution in [0.15, 0.2) is 78.9 Å². The van der Waals surface area contributed by atoms with Gasteiger partial charge >= 0.3 is 5.97 Å². The highest BCUT2D eigenvalue weighted by Gasteiger charge is 2.25. The molecule has 3 rings (SSSR count). The number of benzene rings is 2. The lowest BCUT2D eigenvalue weighted by Crippen LogP contribution is -2.50. The number of primary amides is 1. The molecule has 3 amide bonds. The molecule has 39 heavy (non-hydrogen) atoms. The van der Waals surface area contributed by atoms with Crippen molar-refractivity contribution in [3.8, 4) is 11.3 Å².